The minimum Gasteiger partial charge on any atom is -0.368 e. The van der Waals surface area contributed by atoms with Crippen LogP contribution in [0.5, 0.6) is 0 Å². The molecule has 2 aromatic heterocycles. The number of thioether (sulfide) groups is 1. The van der Waals surface area contributed by atoms with Crippen LogP contribution in [0, 0.1) is 0 Å². The zero-order valence-electron chi connectivity index (χ0n) is 10.6. The third-order valence-electron chi connectivity index (χ3n) is 2.99. The fourth-order valence-corrected chi connectivity index (χ4v) is 3.04. The Balaban J connectivity index is 1.97. The van der Waals surface area contributed by atoms with Crippen molar-refractivity contribution in [2.45, 2.75) is 10.4 Å². The Hall–Kier alpha value is -2.27. The summed E-state index contributed by atoms with van der Waals surface area (Å²) in [6, 6.07) is 15.4. The monoisotopic (exact) mass is 283 g/mol. The molecule has 20 heavy (non-hydrogen) atoms. The van der Waals surface area contributed by atoms with Crippen LogP contribution >= 0.6 is 11.8 Å². The van der Waals surface area contributed by atoms with Crippen molar-refractivity contribution in [3.63, 3.8) is 0 Å². The van der Waals surface area contributed by atoms with Crippen molar-refractivity contribution in [3.05, 3.63) is 66.5 Å². The first-order chi connectivity index (χ1) is 9.75. The fraction of sp³-hybridized carbons (Fsp3) is 0.0667. The molecule has 1 atom stereocenters. The number of carbonyl (C=O) groups excluding carboxylic acids is 1. The topological polar surface area (TPSA) is 60.4 Å². The molecule has 1 aromatic carbocycles. The van der Waals surface area contributed by atoms with Crippen LogP contribution in [0.3, 0.4) is 0 Å². The van der Waals surface area contributed by atoms with Crippen LogP contribution in [0.2, 0.25) is 0 Å². The van der Waals surface area contributed by atoms with E-state index >= 15 is 0 Å². The molecular formula is C15H13N3OS. The Morgan fingerprint density at radius 3 is 2.65 bits per heavy atom. The molecule has 5 heteroatoms. The molecule has 0 saturated heterocycles. The maximum absolute atomic E-state index is 11.7. The number of fused-ring (bicyclic) bond motifs is 1. The van der Waals surface area contributed by atoms with Gasteiger partial charge in [-0.25, -0.2) is 4.98 Å². The number of benzene rings is 1. The van der Waals surface area contributed by atoms with Gasteiger partial charge in [0.25, 0.3) is 0 Å². The lowest BCUT2D eigenvalue weighted by Crippen LogP contribution is -2.19. The van der Waals surface area contributed by atoms with Crippen molar-refractivity contribution in [2.24, 2.45) is 5.73 Å². The van der Waals surface area contributed by atoms with Crippen LogP contribution in [0.1, 0.15) is 10.8 Å². The molecule has 0 radical (unpaired) electrons. The van der Waals surface area contributed by atoms with Crippen LogP contribution < -0.4 is 5.73 Å². The summed E-state index contributed by atoms with van der Waals surface area (Å²) in [6.07, 6.45) is 3.71. The van der Waals surface area contributed by atoms with Crippen molar-refractivity contribution in [1.29, 1.82) is 0 Å². The fourth-order valence-electron chi connectivity index (χ4n) is 2.03. The van der Waals surface area contributed by atoms with E-state index in [2.05, 4.69) is 4.98 Å². The summed E-state index contributed by atoms with van der Waals surface area (Å²) < 4.78 is 1.95. The molecule has 1 amide bonds. The summed E-state index contributed by atoms with van der Waals surface area (Å²) in [4.78, 5) is 16.1. The molecule has 2 heterocycles. The predicted molar refractivity (Wildman–Crippen MR) is 79.4 cm³/mol. The molecule has 1 unspecified atom stereocenters. The second kappa shape index (κ2) is 5.38. The van der Waals surface area contributed by atoms with Gasteiger partial charge < -0.3 is 5.73 Å². The molecule has 0 aliphatic rings. The Morgan fingerprint density at radius 2 is 1.90 bits per heavy atom. The number of imidazole rings is 1. The molecule has 0 aliphatic heterocycles. The van der Waals surface area contributed by atoms with E-state index in [-0.39, 0.29) is 5.91 Å². The zero-order valence-corrected chi connectivity index (χ0v) is 11.5. The molecule has 0 fully saturated rings. The average Bonchev–Trinajstić information content (AvgIpc) is 2.88. The first kappa shape index (κ1) is 12.7. The van der Waals surface area contributed by atoms with E-state index in [1.165, 1.54) is 11.8 Å². The summed E-state index contributed by atoms with van der Waals surface area (Å²) in [5.41, 5.74) is 7.41. The number of nitrogens with two attached hydrogens (primary N) is 1. The van der Waals surface area contributed by atoms with Crippen LogP contribution in [0.4, 0.5) is 0 Å². The van der Waals surface area contributed by atoms with Gasteiger partial charge in [0.1, 0.15) is 5.25 Å². The Kier molecular flexibility index (Phi) is 3.43. The van der Waals surface area contributed by atoms with Gasteiger partial charge in [-0.05, 0) is 17.7 Å². The van der Waals surface area contributed by atoms with Crippen molar-refractivity contribution in [1.82, 2.24) is 9.38 Å². The lowest BCUT2D eigenvalue weighted by atomic mass is 10.1. The van der Waals surface area contributed by atoms with Gasteiger partial charge in [0.2, 0.25) is 5.91 Å². The number of hydrogen-bond donors (Lipinski definition) is 1. The molecule has 0 aliphatic carbocycles. The molecule has 0 bridgehead atoms. The first-order valence-electron chi connectivity index (χ1n) is 6.19. The largest absolute Gasteiger partial charge is 0.368 e. The highest BCUT2D eigenvalue weighted by Gasteiger charge is 2.21. The summed E-state index contributed by atoms with van der Waals surface area (Å²) in [6.45, 7) is 0. The van der Waals surface area contributed by atoms with Crippen LogP contribution in [0.15, 0.2) is 66.1 Å². The Labute approximate surface area is 120 Å². The van der Waals surface area contributed by atoms with E-state index in [1.807, 2.05) is 59.1 Å². The van der Waals surface area contributed by atoms with Crippen molar-refractivity contribution >= 4 is 23.2 Å². The maximum atomic E-state index is 11.7. The van der Waals surface area contributed by atoms with Gasteiger partial charge in [-0.2, -0.15) is 0 Å². The van der Waals surface area contributed by atoms with Gasteiger partial charge in [0, 0.05) is 6.20 Å². The third kappa shape index (κ3) is 2.40. The van der Waals surface area contributed by atoms with E-state index in [4.69, 9.17) is 5.73 Å². The number of aromatic nitrogens is 2. The number of rotatable bonds is 4. The highest BCUT2D eigenvalue weighted by molar-refractivity contribution is 8.00. The van der Waals surface area contributed by atoms with E-state index in [9.17, 15) is 4.79 Å². The zero-order chi connectivity index (χ0) is 13.9. The number of primary amides is 1. The van der Waals surface area contributed by atoms with Gasteiger partial charge in [0.05, 0.1) is 11.7 Å². The van der Waals surface area contributed by atoms with E-state index in [0.717, 1.165) is 16.2 Å². The highest BCUT2D eigenvalue weighted by atomic mass is 32.2. The number of pyridine rings is 1. The van der Waals surface area contributed by atoms with Crippen LogP contribution in [-0.2, 0) is 4.79 Å². The van der Waals surface area contributed by atoms with Gasteiger partial charge in [0.15, 0.2) is 5.16 Å². The highest BCUT2D eigenvalue weighted by Crippen LogP contribution is 2.34. The Bertz CT molecular complexity index is 739. The van der Waals surface area contributed by atoms with E-state index in [1.54, 1.807) is 6.20 Å². The quantitative estimate of drug-likeness (QED) is 0.749. The second-order valence-corrected chi connectivity index (χ2v) is 5.42. The molecule has 4 nitrogen and oxygen atoms in total. The maximum Gasteiger partial charge on any atom is 0.235 e. The standard InChI is InChI=1S/C15H13N3OS/c16-14(19)13(11-6-2-1-3-7-11)20-15-17-10-12-8-4-5-9-18(12)15/h1-10,13H,(H2,16,19). The smallest absolute Gasteiger partial charge is 0.235 e. The number of amides is 1. The number of nitrogens with zero attached hydrogens (tertiary/aromatic N) is 2. The molecule has 0 saturated carbocycles. The summed E-state index contributed by atoms with van der Waals surface area (Å²) in [5, 5.41) is 0.315. The Morgan fingerprint density at radius 1 is 1.15 bits per heavy atom. The summed E-state index contributed by atoms with van der Waals surface area (Å²) in [7, 11) is 0. The van der Waals surface area contributed by atoms with Gasteiger partial charge in [-0.1, -0.05) is 48.2 Å². The van der Waals surface area contributed by atoms with Crippen molar-refractivity contribution < 1.29 is 4.79 Å². The number of carbonyl (C=O) groups is 1. The normalized spacial score (nSPS) is 12.4. The molecular weight excluding hydrogens is 270 g/mol. The van der Waals surface area contributed by atoms with Gasteiger partial charge in [-0.3, -0.25) is 9.20 Å². The molecule has 2 N–H and O–H groups in total. The average molecular weight is 283 g/mol. The van der Waals surface area contributed by atoms with Crippen LogP contribution in [0.25, 0.3) is 5.52 Å². The molecule has 3 aromatic rings. The lowest BCUT2D eigenvalue weighted by Gasteiger charge is -2.12. The minimum atomic E-state index is -0.443. The van der Waals surface area contributed by atoms with Gasteiger partial charge in [-0.15, -0.1) is 0 Å². The van der Waals surface area contributed by atoms with E-state index < -0.39 is 5.25 Å². The predicted octanol–water partition coefficient (Wildman–Crippen LogP) is 2.65. The summed E-state index contributed by atoms with van der Waals surface area (Å²) >= 11 is 1.36. The van der Waals surface area contributed by atoms with Gasteiger partial charge >= 0.3 is 0 Å². The summed E-state index contributed by atoms with van der Waals surface area (Å²) in [5.74, 6) is -0.367. The first-order valence-corrected chi connectivity index (χ1v) is 7.06. The number of hydrogen-bond acceptors (Lipinski definition) is 3. The minimum absolute atomic E-state index is 0.367. The molecule has 0 spiro atoms. The third-order valence-corrected chi connectivity index (χ3v) is 4.24. The SMILES string of the molecule is NC(=O)C(Sc1ncc2ccccn12)c1ccccc1. The lowest BCUT2D eigenvalue weighted by molar-refractivity contribution is -0.117. The molecule has 100 valence electrons. The van der Waals surface area contributed by atoms with Crippen molar-refractivity contribution in [3.8, 4) is 0 Å². The van der Waals surface area contributed by atoms with E-state index in [0.29, 0.717) is 0 Å². The van der Waals surface area contributed by atoms with Crippen LogP contribution in [-0.4, -0.2) is 15.3 Å². The van der Waals surface area contributed by atoms with Crippen molar-refractivity contribution in [2.75, 3.05) is 0 Å². The second-order valence-electron chi connectivity index (χ2n) is 4.35. The molecule has 3 rings (SSSR count).